The second kappa shape index (κ2) is 5.58. The van der Waals surface area contributed by atoms with Crippen LogP contribution in [0.15, 0.2) is 23.4 Å². The predicted molar refractivity (Wildman–Crippen MR) is 56.5 cm³/mol. The van der Waals surface area contributed by atoms with Gasteiger partial charge in [0.25, 0.3) is 0 Å². The number of benzene rings is 1. The standard InChI is InChI=1S/C10H11F3N2O3/c11-10(12,13)8-2-1-6(18-4-3-16)5-7(8)9(14)15-17/h1-2,5,16-17H,3-4H2,(H2,14,15). The van der Waals surface area contributed by atoms with Crippen LogP contribution in [0.4, 0.5) is 13.2 Å². The van der Waals surface area contributed by atoms with Crippen molar-refractivity contribution in [3.63, 3.8) is 0 Å². The summed E-state index contributed by atoms with van der Waals surface area (Å²) in [6.45, 7) is -0.346. The van der Waals surface area contributed by atoms with E-state index in [0.29, 0.717) is 0 Å². The van der Waals surface area contributed by atoms with Crippen LogP contribution in [0.2, 0.25) is 0 Å². The molecule has 0 atom stereocenters. The molecule has 1 aromatic carbocycles. The fourth-order valence-electron chi connectivity index (χ4n) is 1.29. The van der Waals surface area contributed by atoms with Gasteiger partial charge in [-0.3, -0.25) is 0 Å². The maximum Gasteiger partial charge on any atom is 0.417 e. The van der Waals surface area contributed by atoms with Gasteiger partial charge in [-0.1, -0.05) is 5.16 Å². The van der Waals surface area contributed by atoms with Crippen molar-refractivity contribution in [3.05, 3.63) is 29.3 Å². The van der Waals surface area contributed by atoms with Crippen molar-refractivity contribution in [2.75, 3.05) is 13.2 Å². The van der Waals surface area contributed by atoms with Crippen LogP contribution in [0.5, 0.6) is 5.75 Å². The van der Waals surface area contributed by atoms with Crippen LogP contribution in [0, 0.1) is 0 Å². The third-order valence-corrected chi connectivity index (χ3v) is 2.04. The molecule has 0 amide bonds. The van der Waals surface area contributed by atoms with Gasteiger partial charge in [0.2, 0.25) is 0 Å². The Labute approximate surface area is 100 Å². The SMILES string of the molecule is N/C(=N/O)c1cc(OCCO)ccc1C(F)(F)F. The fourth-order valence-corrected chi connectivity index (χ4v) is 1.29. The summed E-state index contributed by atoms with van der Waals surface area (Å²) in [5, 5.41) is 19.5. The van der Waals surface area contributed by atoms with Crippen molar-refractivity contribution in [3.8, 4) is 5.75 Å². The first kappa shape index (κ1) is 14.1. The zero-order valence-electron chi connectivity index (χ0n) is 9.11. The zero-order chi connectivity index (χ0) is 13.8. The Balaban J connectivity index is 3.21. The minimum absolute atomic E-state index is 0.0685. The monoisotopic (exact) mass is 264 g/mol. The highest BCUT2D eigenvalue weighted by Gasteiger charge is 2.34. The number of rotatable bonds is 4. The summed E-state index contributed by atoms with van der Waals surface area (Å²) in [7, 11) is 0. The van der Waals surface area contributed by atoms with Gasteiger partial charge in [0.15, 0.2) is 5.84 Å². The first-order valence-electron chi connectivity index (χ1n) is 4.83. The summed E-state index contributed by atoms with van der Waals surface area (Å²) < 4.78 is 42.9. The second-order valence-electron chi connectivity index (χ2n) is 3.26. The Hall–Kier alpha value is -1.96. The molecule has 1 rings (SSSR count). The molecule has 8 heteroatoms. The van der Waals surface area contributed by atoms with E-state index in [1.54, 1.807) is 0 Å². The average Bonchev–Trinajstić information content (AvgIpc) is 2.33. The molecule has 0 radical (unpaired) electrons. The molecule has 0 aliphatic carbocycles. The molecule has 0 heterocycles. The summed E-state index contributed by atoms with van der Waals surface area (Å²) in [6, 6.07) is 2.85. The zero-order valence-corrected chi connectivity index (χ0v) is 9.11. The number of ether oxygens (including phenoxy) is 1. The second-order valence-corrected chi connectivity index (χ2v) is 3.26. The Kier molecular flexibility index (Phi) is 4.38. The number of amidine groups is 1. The Morgan fingerprint density at radius 2 is 2.06 bits per heavy atom. The van der Waals surface area contributed by atoms with Crippen LogP contribution < -0.4 is 10.5 Å². The molecule has 0 fully saturated rings. The van der Waals surface area contributed by atoms with Crippen LogP contribution in [-0.4, -0.2) is 29.4 Å². The van der Waals surface area contributed by atoms with Crippen molar-refractivity contribution in [1.82, 2.24) is 0 Å². The molecule has 0 spiro atoms. The molecule has 0 bridgehead atoms. The maximum absolute atomic E-state index is 12.7. The van der Waals surface area contributed by atoms with E-state index in [0.717, 1.165) is 18.2 Å². The number of hydrogen-bond donors (Lipinski definition) is 3. The summed E-state index contributed by atoms with van der Waals surface area (Å²) in [4.78, 5) is 0. The van der Waals surface area contributed by atoms with Gasteiger partial charge in [0.05, 0.1) is 12.2 Å². The third kappa shape index (κ3) is 3.27. The van der Waals surface area contributed by atoms with Crippen molar-refractivity contribution in [1.29, 1.82) is 0 Å². The molecule has 5 nitrogen and oxygen atoms in total. The van der Waals surface area contributed by atoms with Crippen LogP contribution in [0.25, 0.3) is 0 Å². The van der Waals surface area contributed by atoms with Gasteiger partial charge in [-0.25, -0.2) is 0 Å². The van der Waals surface area contributed by atoms with Crippen LogP contribution in [-0.2, 0) is 6.18 Å². The molecule has 100 valence electrons. The highest BCUT2D eigenvalue weighted by atomic mass is 19.4. The Bertz CT molecular complexity index is 446. The number of aliphatic hydroxyl groups excluding tert-OH is 1. The number of nitrogens with two attached hydrogens (primary N) is 1. The summed E-state index contributed by atoms with van der Waals surface area (Å²) in [5.74, 6) is -0.588. The molecule has 1 aromatic rings. The van der Waals surface area contributed by atoms with Gasteiger partial charge >= 0.3 is 6.18 Å². The van der Waals surface area contributed by atoms with Gasteiger partial charge in [-0.05, 0) is 18.2 Å². The normalized spacial score (nSPS) is 12.6. The first-order chi connectivity index (χ1) is 8.40. The lowest BCUT2D eigenvalue weighted by Gasteiger charge is -2.13. The Morgan fingerprint density at radius 1 is 1.39 bits per heavy atom. The lowest BCUT2D eigenvalue weighted by Crippen LogP contribution is -2.20. The Morgan fingerprint density at radius 3 is 2.56 bits per heavy atom. The van der Waals surface area contributed by atoms with E-state index in [2.05, 4.69) is 5.16 Å². The smallest absolute Gasteiger partial charge is 0.417 e. The number of oxime groups is 1. The van der Waals surface area contributed by atoms with Crippen molar-refractivity contribution in [2.45, 2.75) is 6.18 Å². The molecule has 0 saturated carbocycles. The average molecular weight is 264 g/mol. The molecule has 4 N–H and O–H groups in total. The van der Waals surface area contributed by atoms with E-state index in [4.69, 9.17) is 20.8 Å². The minimum Gasteiger partial charge on any atom is -0.491 e. The lowest BCUT2D eigenvalue weighted by molar-refractivity contribution is -0.137. The van der Waals surface area contributed by atoms with E-state index in [-0.39, 0.29) is 19.0 Å². The highest BCUT2D eigenvalue weighted by molar-refractivity contribution is 5.99. The van der Waals surface area contributed by atoms with Gasteiger partial charge in [0, 0.05) is 5.56 Å². The number of nitrogens with zero attached hydrogens (tertiary/aromatic N) is 1. The summed E-state index contributed by atoms with van der Waals surface area (Å²) in [6.07, 6.45) is -4.62. The molecular weight excluding hydrogens is 253 g/mol. The number of alkyl halides is 3. The minimum atomic E-state index is -4.62. The van der Waals surface area contributed by atoms with Crippen LogP contribution >= 0.6 is 0 Å². The van der Waals surface area contributed by atoms with E-state index >= 15 is 0 Å². The van der Waals surface area contributed by atoms with Crippen molar-refractivity contribution >= 4 is 5.84 Å². The molecule has 0 saturated heterocycles. The van der Waals surface area contributed by atoms with E-state index in [1.807, 2.05) is 0 Å². The number of halogens is 3. The molecule has 0 unspecified atom stereocenters. The quantitative estimate of drug-likeness (QED) is 0.329. The van der Waals surface area contributed by atoms with Crippen molar-refractivity contribution in [2.24, 2.45) is 10.9 Å². The van der Waals surface area contributed by atoms with E-state index in [9.17, 15) is 13.2 Å². The van der Waals surface area contributed by atoms with Crippen molar-refractivity contribution < 1.29 is 28.2 Å². The number of hydrogen-bond acceptors (Lipinski definition) is 4. The summed E-state index contributed by atoms with van der Waals surface area (Å²) in [5.41, 5.74) is 3.67. The predicted octanol–water partition coefficient (Wildman–Crippen LogP) is 1.17. The van der Waals surface area contributed by atoms with Crippen LogP contribution in [0.1, 0.15) is 11.1 Å². The third-order valence-electron chi connectivity index (χ3n) is 2.04. The van der Waals surface area contributed by atoms with Gasteiger partial charge < -0.3 is 20.8 Å². The molecule has 18 heavy (non-hydrogen) atoms. The van der Waals surface area contributed by atoms with E-state index in [1.165, 1.54) is 0 Å². The van der Waals surface area contributed by atoms with E-state index < -0.39 is 23.1 Å². The number of aliphatic hydroxyl groups is 1. The maximum atomic E-state index is 12.7. The molecule has 0 aliphatic heterocycles. The topological polar surface area (TPSA) is 88.1 Å². The van der Waals surface area contributed by atoms with Gasteiger partial charge in [0.1, 0.15) is 12.4 Å². The molecule has 0 aliphatic rings. The summed E-state index contributed by atoms with van der Waals surface area (Å²) >= 11 is 0. The highest BCUT2D eigenvalue weighted by Crippen LogP contribution is 2.33. The first-order valence-corrected chi connectivity index (χ1v) is 4.83. The van der Waals surface area contributed by atoms with Crippen LogP contribution in [0.3, 0.4) is 0 Å². The fraction of sp³-hybridized carbons (Fsp3) is 0.300. The molecular formula is C10H11F3N2O3. The van der Waals surface area contributed by atoms with Gasteiger partial charge in [-0.2, -0.15) is 13.2 Å². The molecule has 0 aromatic heterocycles. The van der Waals surface area contributed by atoms with Gasteiger partial charge in [-0.15, -0.1) is 0 Å². The largest absolute Gasteiger partial charge is 0.491 e. The lowest BCUT2D eigenvalue weighted by atomic mass is 10.1.